The van der Waals surface area contributed by atoms with Gasteiger partial charge in [0.05, 0.1) is 5.69 Å². The fourth-order valence-electron chi connectivity index (χ4n) is 2.77. The Kier molecular flexibility index (Phi) is 5.80. The second kappa shape index (κ2) is 7.40. The van der Waals surface area contributed by atoms with Gasteiger partial charge in [-0.15, -0.1) is 0 Å². The number of carbonyl (C=O) groups excluding carboxylic acids is 1. The number of rotatable bonds is 4. The van der Waals surface area contributed by atoms with Crippen LogP contribution in [0.3, 0.4) is 0 Å². The fourth-order valence-corrected chi connectivity index (χ4v) is 3.07. The number of amides is 2. The largest absolute Gasteiger partial charge is 0.323 e. The van der Waals surface area contributed by atoms with Crippen LogP contribution in [0.15, 0.2) is 12.1 Å². The van der Waals surface area contributed by atoms with Crippen molar-refractivity contribution in [2.24, 2.45) is 0 Å². The Morgan fingerprint density at radius 2 is 2.19 bits per heavy atom. The molecule has 1 aliphatic rings. The zero-order valence-corrected chi connectivity index (χ0v) is 15.1. The quantitative estimate of drug-likeness (QED) is 0.788. The molecule has 1 aromatic heterocycles. The molecule has 0 spiro atoms. The molecule has 5 nitrogen and oxygen atoms in total. The highest BCUT2D eigenvalue weighted by Crippen LogP contribution is 2.17. The smallest absolute Gasteiger partial charge is 0.323 e. The lowest BCUT2D eigenvalue weighted by atomic mass is 10.2. The normalized spacial score (nSPS) is 18.3. The highest BCUT2D eigenvalue weighted by molar-refractivity contribution is 14.1. The van der Waals surface area contributed by atoms with E-state index in [4.69, 9.17) is 0 Å². The average molecular weight is 402 g/mol. The van der Waals surface area contributed by atoms with E-state index < -0.39 is 0 Å². The predicted molar refractivity (Wildman–Crippen MR) is 93.6 cm³/mol. The van der Waals surface area contributed by atoms with Gasteiger partial charge in [-0.25, -0.2) is 9.78 Å². The highest BCUT2D eigenvalue weighted by atomic mass is 127. The topological polar surface area (TPSA) is 48.5 Å². The first kappa shape index (κ1) is 16.5. The number of carbonyl (C=O) groups is 1. The number of nitrogens with one attached hydrogen (secondary N) is 1. The lowest BCUT2D eigenvalue weighted by molar-refractivity contribution is 0.202. The zero-order valence-electron chi connectivity index (χ0n) is 12.9. The molecule has 0 radical (unpaired) electrons. The highest BCUT2D eigenvalue weighted by Gasteiger charge is 2.29. The van der Waals surface area contributed by atoms with Crippen molar-refractivity contribution in [2.45, 2.75) is 33.2 Å². The maximum Gasteiger partial charge on any atom is 0.323 e. The van der Waals surface area contributed by atoms with Crippen molar-refractivity contribution in [3.63, 3.8) is 0 Å². The number of likely N-dealkylation sites (N-methyl/N-ethyl adjacent to an activating group) is 1. The van der Waals surface area contributed by atoms with Gasteiger partial charge < -0.3 is 4.90 Å². The van der Waals surface area contributed by atoms with E-state index in [9.17, 15) is 4.79 Å². The molecular weight excluding hydrogens is 379 g/mol. The molecule has 0 aliphatic carbocycles. The van der Waals surface area contributed by atoms with E-state index >= 15 is 0 Å². The van der Waals surface area contributed by atoms with Crippen LogP contribution in [0.1, 0.15) is 26.0 Å². The number of halogens is 1. The molecule has 1 N–H and O–H groups in total. The van der Waals surface area contributed by atoms with E-state index in [0.717, 1.165) is 41.9 Å². The van der Waals surface area contributed by atoms with Crippen molar-refractivity contribution in [1.82, 2.24) is 14.8 Å². The number of nitrogens with zero attached hydrogens (tertiary/aromatic N) is 3. The minimum Gasteiger partial charge on any atom is -0.323 e. The van der Waals surface area contributed by atoms with Crippen LogP contribution < -0.4 is 5.32 Å². The Balaban J connectivity index is 1.94. The van der Waals surface area contributed by atoms with Gasteiger partial charge in [0.1, 0.15) is 5.82 Å². The number of aromatic nitrogens is 1. The van der Waals surface area contributed by atoms with Gasteiger partial charge in [0.2, 0.25) is 0 Å². The van der Waals surface area contributed by atoms with Gasteiger partial charge in [0.25, 0.3) is 0 Å². The maximum absolute atomic E-state index is 12.3. The van der Waals surface area contributed by atoms with Gasteiger partial charge in [-0.2, -0.15) is 0 Å². The molecule has 2 heterocycles. The predicted octanol–water partition coefficient (Wildman–Crippen LogP) is 2.94. The third kappa shape index (κ3) is 4.06. The molecule has 2 amide bonds. The summed E-state index contributed by atoms with van der Waals surface area (Å²) in [7, 11) is 0. The molecule has 6 heteroatoms. The number of likely N-dealkylation sites (tertiary alicyclic amines) is 1. The summed E-state index contributed by atoms with van der Waals surface area (Å²) < 4.78 is 1.10. The van der Waals surface area contributed by atoms with E-state index in [0.29, 0.717) is 11.9 Å². The minimum atomic E-state index is -0.0437. The van der Waals surface area contributed by atoms with Gasteiger partial charge in [0, 0.05) is 22.7 Å². The van der Waals surface area contributed by atoms with Crippen LogP contribution >= 0.6 is 22.6 Å². The summed E-state index contributed by atoms with van der Waals surface area (Å²) in [4.78, 5) is 21.0. The number of hydrogen-bond donors (Lipinski definition) is 1. The first-order valence-corrected chi connectivity index (χ1v) is 8.56. The summed E-state index contributed by atoms with van der Waals surface area (Å²) in [6.45, 7) is 9.98. The first-order chi connectivity index (χ1) is 10.0. The summed E-state index contributed by atoms with van der Waals surface area (Å²) in [6.07, 6.45) is 1.05. The van der Waals surface area contributed by atoms with Crippen LogP contribution in [0.5, 0.6) is 0 Å². The molecule has 0 saturated carbocycles. The van der Waals surface area contributed by atoms with E-state index in [1.165, 1.54) is 0 Å². The SMILES string of the molecule is CCN(CC)[C@H]1CCN(C(=O)Nc2ccc(I)c(C)n2)C1. The molecule has 1 fully saturated rings. The Morgan fingerprint density at radius 1 is 1.48 bits per heavy atom. The molecule has 1 aromatic rings. The summed E-state index contributed by atoms with van der Waals surface area (Å²) >= 11 is 2.24. The number of anilines is 1. The van der Waals surface area contributed by atoms with Crippen molar-refractivity contribution < 1.29 is 4.79 Å². The van der Waals surface area contributed by atoms with Crippen LogP contribution in [0.4, 0.5) is 10.6 Å². The zero-order chi connectivity index (χ0) is 15.4. The third-order valence-corrected chi connectivity index (χ3v) is 5.18. The van der Waals surface area contributed by atoms with Gasteiger partial charge in [-0.05, 0) is 61.2 Å². The van der Waals surface area contributed by atoms with Crippen LogP contribution in [-0.4, -0.2) is 53.0 Å². The van der Waals surface area contributed by atoms with E-state index in [1.54, 1.807) is 0 Å². The lowest BCUT2D eigenvalue weighted by Crippen LogP contribution is -2.39. The summed E-state index contributed by atoms with van der Waals surface area (Å²) in [5.74, 6) is 0.629. The Bertz CT molecular complexity index is 504. The molecule has 2 rings (SSSR count). The van der Waals surface area contributed by atoms with E-state index in [-0.39, 0.29) is 6.03 Å². The van der Waals surface area contributed by atoms with Crippen LogP contribution in [0.2, 0.25) is 0 Å². The Hall–Kier alpha value is -0.890. The van der Waals surface area contributed by atoms with Crippen molar-refractivity contribution in [3.8, 4) is 0 Å². The van der Waals surface area contributed by atoms with Crippen LogP contribution in [-0.2, 0) is 0 Å². The van der Waals surface area contributed by atoms with Crippen molar-refractivity contribution in [2.75, 3.05) is 31.5 Å². The molecule has 0 unspecified atom stereocenters. The first-order valence-electron chi connectivity index (χ1n) is 7.48. The summed E-state index contributed by atoms with van der Waals surface area (Å²) in [5, 5.41) is 2.90. The van der Waals surface area contributed by atoms with Crippen molar-refractivity contribution in [1.29, 1.82) is 0 Å². The van der Waals surface area contributed by atoms with Gasteiger partial charge in [0.15, 0.2) is 0 Å². The minimum absolute atomic E-state index is 0.0437. The van der Waals surface area contributed by atoms with E-state index in [1.807, 2.05) is 24.0 Å². The van der Waals surface area contributed by atoms with Gasteiger partial charge in [-0.3, -0.25) is 10.2 Å². The van der Waals surface area contributed by atoms with Crippen LogP contribution in [0, 0.1) is 10.5 Å². The number of aryl methyl sites for hydroxylation is 1. The van der Waals surface area contributed by atoms with E-state index in [2.05, 4.69) is 51.6 Å². The molecular formula is C15H23IN4O. The average Bonchev–Trinajstić information content (AvgIpc) is 2.94. The second-order valence-corrected chi connectivity index (χ2v) is 6.47. The summed E-state index contributed by atoms with van der Waals surface area (Å²) in [6, 6.07) is 4.26. The van der Waals surface area contributed by atoms with Crippen LogP contribution in [0.25, 0.3) is 0 Å². The summed E-state index contributed by atoms with van der Waals surface area (Å²) in [5.41, 5.74) is 0.941. The lowest BCUT2D eigenvalue weighted by Gasteiger charge is -2.26. The molecule has 1 aliphatic heterocycles. The molecule has 0 aromatic carbocycles. The number of hydrogen-bond acceptors (Lipinski definition) is 3. The second-order valence-electron chi connectivity index (χ2n) is 5.30. The molecule has 1 saturated heterocycles. The Labute approximate surface area is 140 Å². The monoisotopic (exact) mass is 402 g/mol. The van der Waals surface area contributed by atoms with Crippen molar-refractivity contribution in [3.05, 3.63) is 21.4 Å². The fraction of sp³-hybridized carbons (Fsp3) is 0.600. The molecule has 1 atom stereocenters. The standard InChI is InChI=1S/C15H23IN4O/c1-4-19(5-2)12-8-9-20(10-12)15(21)18-14-7-6-13(16)11(3)17-14/h6-7,12H,4-5,8-10H2,1-3H3,(H,17,18,21)/t12-/m0/s1. The van der Waals surface area contributed by atoms with Crippen molar-refractivity contribution >= 4 is 34.4 Å². The Morgan fingerprint density at radius 3 is 2.81 bits per heavy atom. The number of pyridine rings is 1. The molecule has 0 bridgehead atoms. The van der Waals surface area contributed by atoms with Gasteiger partial charge >= 0.3 is 6.03 Å². The number of urea groups is 1. The molecule has 116 valence electrons. The maximum atomic E-state index is 12.3. The van der Waals surface area contributed by atoms with Gasteiger partial charge in [-0.1, -0.05) is 13.8 Å². The third-order valence-electron chi connectivity index (χ3n) is 4.04. The molecule has 21 heavy (non-hydrogen) atoms.